The van der Waals surface area contributed by atoms with E-state index >= 15 is 0 Å². The summed E-state index contributed by atoms with van der Waals surface area (Å²) in [6.45, 7) is 5.54. The van der Waals surface area contributed by atoms with Gasteiger partial charge in [0.15, 0.2) is 0 Å². The summed E-state index contributed by atoms with van der Waals surface area (Å²) in [5.74, 6) is 1.40. The third kappa shape index (κ3) is 3.70. The van der Waals surface area contributed by atoms with Crippen LogP contribution in [0.15, 0.2) is 30.3 Å². The van der Waals surface area contributed by atoms with E-state index in [-0.39, 0.29) is 0 Å². The van der Waals surface area contributed by atoms with Crippen molar-refractivity contribution in [2.24, 2.45) is 11.8 Å². The maximum atomic E-state index is 12.1. The van der Waals surface area contributed by atoms with Gasteiger partial charge in [0.25, 0.3) is 0 Å². The summed E-state index contributed by atoms with van der Waals surface area (Å²) in [5, 5.41) is 0. The summed E-state index contributed by atoms with van der Waals surface area (Å²) in [7, 11) is 1.99. The third-order valence-corrected chi connectivity index (χ3v) is 5.31. The van der Waals surface area contributed by atoms with Crippen LogP contribution in [0.25, 0.3) is 0 Å². The zero-order chi connectivity index (χ0) is 15.5. The van der Waals surface area contributed by atoms with Gasteiger partial charge in [-0.05, 0) is 57.2 Å². The fraction of sp³-hybridized carbons (Fsp3) is 0.632. The topological polar surface area (TPSA) is 23.6 Å². The molecule has 2 aliphatic rings. The molecular weight excluding hydrogens is 272 g/mol. The molecule has 0 spiro atoms. The third-order valence-electron chi connectivity index (χ3n) is 5.31. The second-order valence-corrected chi connectivity index (χ2v) is 7.06. The molecular formula is C19H28N2O. The molecule has 3 heteroatoms. The number of piperidine rings is 1. The molecule has 0 radical (unpaired) electrons. The molecule has 1 heterocycles. The Morgan fingerprint density at radius 1 is 1.18 bits per heavy atom. The van der Waals surface area contributed by atoms with Crippen LogP contribution in [0.4, 0.5) is 0 Å². The van der Waals surface area contributed by atoms with E-state index in [2.05, 4.69) is 42.2 Å². The zero-order valence-corrected chi connectivity index (χ0v) is 13.9. The van der Waals surface area contributed by atoms with Gasteiger partial charge in [0.1, 0.15) is 0 Å². The van der Waals surface area contributed by atoms with E-state index in [4.69, 9.17) is 0 Å². The van der Waals surface area contributed by atoms with E-state index in [9.17, 15) is 4.79 Å². The summed E-state index contributed by atoms with van der Waals surface area (Å²) < 4.78 is 0. The maximum absolute atomic E-state index is 12.1. The van der Waals surface area contributed by atoms with Crippen molar-refractivity contribution in [1.82, 2.24) is 9.80 Å². The van der Waals surface area contributed by atoms with Crippen molar-refractivity contribution >= 4 is 5.91 Å². The number of carbonyl (C=O) groups excluding carboxylic acids is 1. The summed E-state index contributed by atoms with van der Waals surface area (Å²) >= 11 is 0. The number of rotatable bonds is 5. The van der Waals surface area contributed by atoms with Gasteiger partial charge in [0.05, 0.1) is 0 Å². The normalized spacial score (nSPS) is 21.5. The lowest BCUT2D eigenvalue weighted by molar-refractivity contribution is -0.132. The van der Waals surface area contributed by atoms with Crippen LogP contribution in [0.2, 0.25) is 0 Å². The molecule has 1 atom stereocenters. The minimum Gasteiger partial charge on any atom is -0.345 e. The van der Waals surface area contributed by atoms with Crippen molar-refractivity contribution < 1.29 is 4.79 Å². The summed E-state index contributed by atoms with van der Waals surface area (Å²) in [5.41, 5.74) is 1.40. The van der Waals surface area contributed by atoms with Crippen LogP contribution in [0.1, 0.15) is 44.2 Å². The molecule has 120 valence electrons. The number of hydrogen-bond donors (Lipinski definition) is 0. The first kappa shape index (κ1) is 15.5. The number of carbonyl (C=O) groups is 1. The molecule has 1 aromatic rings. The van der Waals surface area contributed by atoms with Gasteiger partial charge in [-0.25, -0.2) is 0 Å². The molecule has 0 aromatic heterocycles. The largest absolute Gasteiger partial charge is 0.345 e. The number of amides is 1. The first-order valence-corrected chi connectivity index (χ1v) is 8.69. The van der Waals surface area contributed by atoms with Crippen LogP contribution in [0.5, 0.6) is 0 Å². The molecule has 1 aliphatic carbocycles. The SMILES string of the molecule is CC(c1ccccc1)N1CCC(CN(C)C(=O)C2CC2)CC1. The van der Waals surface area contributed by atoms with E-state index in [1.807, 2.05) is 11.9 Å². The summed E-state index contributed by atoms with van der Waals surface area (Å²) in [6.07, 6.45) is 4.63. The zero-order valence-electron chi connectivity index (χ0n) is 13.9. The Kier molecular flexibility index (Phi) is 4.82. The van der Waals surface area contributed by atoms with Crippen LogP contribution in [0.3, 0.4) is 0 Å². The van der Waals surface area contributed by atoms with Gasteiger partial charge in [-0.1, -0.05) is 30.3 Å². The lowest BCUT2D eigenvalue weighted by Gasteiger charge is -2.37. The van der Waals surface area contributed by atoms with E-state index < -0.39 is 0 Å². The van der Waals surface area contributed by atoms with Gasteiger partial charge in [-0.2, -0.15) is 0 Å². The van der Waals surface area contributed by atoms with Crippen molar-refractivity contribution in [2.45, 2.75) is 38.6 Å². The molecule has 3 nitrogen and oxygen atoms in total. The quantitative estimate of drug-likeness (QED) is 0.833. The minimum absolute atomic E-state index is 0.350. The first-order valence-electron chi connectivity index (χ1n) is 8.69. The van der Waals surface area contributed by atoms with Crippen LogP contribution in [0, 0.1) is 11.8 Å². The molecule has 0 N–H and O–H groups in total. The highest BCUT2D eigenvalue weighted by Gasteiger charge is 2.33. The van der Waals surface area contributed by atoms with Gasteiger partial charge < -0.3 is 4.90 Å². The van der Waals surface area contributed by atoms with Gasteiger partial charge in [-0.3, -0.25) is 9.69 Å². The molecule has 1 saturated heterocycles. The fourth-order valence-corrected chi connectivity index (χ4v) is 3.58. The Labute approximate surface area is 134 Å². The van der Waals surface area contributed by atoms with E-state index in [0.29, 0.717) is 23.8 Å². The van der Waals surface area contributed by atoms with Crippen LogP contribution in [-0.2, 0) is 4.79 Å². The highest BCUT2D eigenvalue weighted by Crippen LogP contribution is 2.32. The van der Waals surface area contributed by atoms with Crippen molar-refractivity contribution in [1.29, 1.82) is 0 Å². The standard InChI is InChI=1S/C19H28N2O/c1-15(17-6-4-3-5-7-17)21-12-10-16(11-13-21)14-20(2)19(22)18-8-9-18/h3-7,15-16,18H,8-14H2,1-2H3. The molecule has 3 rings (SSSR count). The Balaban J connectivity index is 1.47. The maximum Gasteiger partial charge on any atom is 0.225 e. The number of nitrogens with zero attached hydrogens (tertiary/aromatic N) is 2. The Bertz CT molecular complexity index is 489. The number of hydrogen-bond acceptors (Lipinski definition) is 2. The molecule has 1 aromatic carbocycles. The smallest absolute Gasteiger partial charge is 0.225 e. The van der Waals surface area contributed by atoms with Crippen LogP contribution < -0.4 is 0 Å². The van der Waals surface area contributed by atoms with E-state index in [1.54, 1.807) is 0 Å². The number of benzene rings is 1. The lowest BCUT2D eigenvalue weighted by Crippen LogP contribution is -2.40. The minimum atomic E-state index is 0.350. The van der Waals surface area contributed by atoms with Gasteiger partial charge >= 0.3 is 0 Å². The Morgan fingerprint density at radius 2 is 1.82 bits per heavy atom. The van der Waals surface area contributed by atoms with E-state index in [0.717, 1.165) is 32.5 Å². The van der Waals surface area contributed by atoms with Crippen LogP contribution >= 0.6 is 0 Å². The van der Waals surface area contributed by atoms with Crippen molar-refractivity contribution in [2.75, 3.05) is 26.7 Å². The van der Waals surface area contributed by atoms with E-state index in [1.165, 1.54) is 18.4 Å². The second kappa shape index (κ2) is 6.82. The predicted molar refractivity (Wildman–Crippen MR) is 89.5 cm³/mol. The van der Waals surface area contributed by atoms with Crippen LogP contribution in [-0.4, -0.2) is 42.4 Å². The molecule has 1 unspecified atom stereocenters. The van der Waals surface area contributed by atoms with Crippen molar-refractivity contribution in [3.63, 3.8) is 0 Å². The predicted octanol–water partition coefficient (Wildman–Crippen LogP) is 3.33. The van der Waals surface area contributed by atoms with Gasteiger partial charge in [0, 0.05) is 25.6 Å². The van der Waals surface area contributed by atoms with Gasteiger partial charge in [0.2, 0.25) is 5.91 Å². The van der Waals surface area contributed by atoms with Crippen molar-refractivity contribution in [3.8, 4) is 0 Å². The fourth-order valence-electron chi connectivity index (χ4n) is 3.58. The number of likely N-dealkylation sites (tertiary alicyclic amines) is 1. The first-order chi connectivity index (χ1) is 10.6. The molecule has 1 saturated carbocycles. The highest BCUT2D eigenvalue weighted by molar-refractivity contribution is 5.80. The Hall–Kier alpha value is -1.35. The second-order valence-electron chi connectivity index (χ2n) is 7.06. The molecule has 0 bridgehead atoms. The lowest BCUT2D eigenvalue weighted by atomic mass is 9.94. The van der Waals surface area contributed by atoms with Crippen molar-refractivity contribution in [3.05, 3.63) is 35.9 Å². The average molecular weight is 300 g/mol. The Morgan fingerprint density at radius 3 is 2.41 bits per heavy atom. The van der Waals surface area contributed by atoms with Gasteiger partial charge in [-0.15, -0.1) is 0 Å². The average Bonchev–Trinajstić information content (AvgIpc) is 3.40. The molecule has 22 heavy (non-hydrogen) atoms. The molecule has 1 amide bonds. The highest BCUT2D eigenvalue weighted by atomic mass is 16.2. The molecule has 1 aliphatic heterocycles. The monoisotopic (exact) mass is 300 g/mol. The summed E-state index contributed by atoms with van der Waals surface area (Å²) in [4.78, 5) is 16.6. The molecule has 2 fully saturated rings. The summed E-state index contributed by atoms with van der Waals surface area (Å²) in [6, 6.07) is 11.3.